The van der Waals surface area contributed by atoms with Crippen LogP contribution >= 0.6 is 23.2 Å². The lowest BCUT2D eigenvalue weighted by Gasteiger charge is -2.08. The van der Waals surface area contributed by atoms with Gasteiger partial charge in [-0.05, 0) is 30.7 Å². The molecule has 0 atom stereocenters. The first kappa shape index (κ1) is 16.8. The number of hydrogen-bond donors (Lipinski definition) is 2. The van der Waals surface area contributed by atoms with E-state index in [-0.39, 0.29) is 11.4 Å². The molecule has 0 aromatic carbocycles. The summed E-state index contributed by atoms with van der Waals surface area (Å²) >= 11 is 11.6. The van der Waals surface area contributed by atoms with Crippen molar-refractivity contribution < 1.29 is 0 Å². The highest BCUT2D eigenvalue weighted by atomic mass is 35.5. The number of aromatic nitrogens is 2. The molecule has 0 aliphatic rings. The number of hydrogen-bond acceptors (Lipinski definition) is 6. The molecule has 8 heteroatoms. The molecule has 116 valence electrons. The van der Waals surface area contributed by atoms with Gasteiger partial charge >= 0.3 is 0 Å². The Labute approximate surface area is 143 Å². The summed E-state index contributed by atoms with van der Waals surface area (Å²) in [6.45, 7) is 1.32. The van der Waals surface area contributed by atoms with Crippen LogP contribution in [0.25, 0.3) is 0 Å². The predicted octanol–water partition coefficient (Wildman–Crippen LogP) is 3.44. The lowest BCUT2D eigenvalue weighted by molar-refractivity contribution is 0.897. The smallest absolute Gasteiger partial charge is 0.161 e. The van der Waals surface area contributed by atoms with Gasteiger partial charge in [-0.25, -0.2) is 9.97 Å². The fourth-order valence-corrected chi connectivity index (χ4v) is 2.05. The molecule has 0 amide bonds. The predicted molar refractivity (Wildman–Crippen MR) is 89.5 cm³/mol. The first-order chi connectivity index (χ1) is 11.1. The van der Waals surface area contributed by atoms with E-state index in [1.54, 1.807) is 24.3 Å². The molecule has 0 saturated carbocycles. The Morgan fingerprint density at radius 3 is 1.65 bits per heavy atom. The zero-order valence-electron chi connectivity index (χ0n) is 12.0. The molecule has 6 nitrogen and oxygen atoms in total. The van der Waals surface area contributed by atoms with Gasteiger partial charge in [0.2, 0.25) is 0 Å². The quantitative estimate of drug-likeness (QED) is 0.777. The molecule has 2 rings (SSSR count). The Morgan fingerprint density at radius 1 is 0.826 bits per heavy atom. The third-order valence-corrected chi connectivity index (χ3v) is 3.48. The highest BCUT2D eigenvalue weighted by molar-refractivity contribution is 6.31. The highest BCUT2D eigenvalue weighted by Gasteiger charge is 2.04. The van der Waals surface area contributed by atoms with Gasteiger partial charge in [0.25, 0.3) is 0 Å². The Bertz CT molecular complexity index is 713. The maximum Gasteiger partial charge on any atom is 0.161 e. The van der Waals surface area contributed by atoms with Crippen LogP contribution in [0.5, 0.6) is 0 Å². The van der Waals surface area contributed by atoms with E-state index in [4.69, 9.17) is 33.7 Å². The van der Waals surface area contributed by atoms with E-state index in [0.29, 0.717) is 34.8 Å². The molecule has 0 fully saturated rings. The summed E-state index contributed by atoms with van der Waals surface area (Å²) in [6.07, 6.45) is 0.790. The summed E-state index contributed by atoms with van der Waals surface area (Å²) in [6, 6.07) is 10.6. The molecular weight excluding hydrogens is 335 g/mol. The largest absolute Gasteiger partial charge is 0.370 e. The topological polar surface area (TPSA) is 97.4 Å². The monoisotopic (exact) mass is 346 g/mol. The van der Waals surface area contributed by atoms with Gasteiger partial charge in [-0.1, -0.05) is 23.2 Å². The molecule has 0 spiro atoms. The van der Waals surface area contributed by atoms with Crippen LogP contribution in [0.2, 0.25) is 10.0 Å². The Balaban J connectivity index is 1.78. The highest BCUT2D eigenvalue weighted by Crippen LogP contribution is 2.16. The SMILES string of the molecule is N#Cc1nc(NCCCNc2ccc(Cl)c(C#N)n2)ccc1Cl. The van der Waals surface area contributed by atoms with E-state index in [9.17, 15) is 0 Å². The van der Waals surface area contributed by atoms with Gasteiger partial charge in [0.05, 0.1) is 10.0 Å². The fourth-order valence-electron chi connectivity index (χ4n) is 1.76. The molecule has 0 saturated heterocycles. The second-order valence-corrected chi connectivity index (χ2v) is 5.30. The van der Waals surface area contributed by atoms with E-state index in [1.807, 2.05) is 12.1 Å². The minimum atomic E-state index is 0.198. The molecule has 2 aromatic rings. The average Bonchev–Trinajstić information content (AvgIpc) is 2.57. The van der Waals surface area contributed by atoms with Crippen LogP contribution in [0, 0.1) is 22.7 Å². The van der Waals surface area contributed by atoms with Gasteiger partial charge in [-0.3, -0.25) is 0 Å². The molecule has 0 aliphatic carbocycles. The number of anilines is 2. The van der Waals surface area contributed by atoms with Crippen LogP contribution in [0.1, 0.15) is 17.8 Å². The number of nitrogens with zero attached hydrogens (tertiary/aromatic N) is 4. The average molecular weight is 347 g/mol. The second-order valence-electron chi connectivity index (χ2n) is 4.48. The Hall–Kier alpha value is -2.54. The van der Waals surface area contributed by atoms with E-state index >= 15 is 0 Å². The van der Waals surface area contributed by atoms with Gasteiger partial charge in [0.1, 0.15) is 23.8 Å². The third-order valence-electron chi connectivity index (χ3n) is 2.87. The van der Waals surface area contributed by atoms with Crippen molar-refractivity contribution in [1.29, 1.82) is 10.5 Å². The van der Waals surface area contributed by atoms with Crippen molar-refractivity contribution in [3.05, 3.63) is 45.7 Å². The molecule has 0 bridgehead atoms. The summed E-state index contributed by atoms with van der Waals surface area (Å²) in [7, 11) is 0. The molecule has 2 aromatic heterocycles. The van der Waals surface area contributed by atoms with Crippen molar-refractivity contribution >= 4 is 34.8 Å². The second kappa shape index (κ2) is 8.19. The van der Waals surface area contributed by atoms with Gasteiger partial charge in [-0.2, -0.15) is 10.5 Å². The molecule has 2 heterocycles. The van der Waals surface area contributed by atoms with Crippen LogP contribution in [0.4, 0.5) is 11.6 Å². The number of nitrogens with one attached hydrogen (secondary N) is 2. The Morgan fingerprint density at radius 2 is 1.26 bits per heavy atom. The minimum absolute atomic E-state index is 0.198. The minimum Gasteiger partial charge on any atom is -0.370 e. The standard InChI is InChI=1S/C15H12Cl2N6/c16-10-2-4-14(22-12(10)8-18)20-6-1-7-21-15-5-3-11(17)13(9-19)23-15/h2-5H,1,6-7H2,(H,20,22)(H,21,23). The first-order valence-electron chi connectivity index (χ1n) is 6.75. The van der Waals surface area contributed by atoms with Crippen molar-refractivity contribution in [2.45, 2.75) is 6.42 Å². The number of nitriles is 2. The molecular formula is C15H12Cl2N6. The van der Waals surface area contributed by atoms with E-state index in [0.717, 1.165) is 6.42 Å². The zero-order chi connectivity index (χ0) is 16.7. The number of rotatable bonds is 6. The zero-order valence-corrected chi connectivity index (χ0v) is 13.5. The van der Waals surface area contributed by atoms with Gasteiger partial charge in [-0.15, -0.1) is 0 Å². The van der Waals surface area contributed by atoms with Crippen molar-refractivity contribution in [2.24, 2.45) is 0 Å². The maximum atomic E-state index is 8.87. The molecule has 0 unspecified atom stereocenters. The summed E-state index contributed by atoms with van der Waals surface area (Å²) in [5, 5.41) is 24.6. The van der Waals surface area contributed by atoms with E-state index < -0.39 is 0 Å². The van der Waals surface area contributed by atoms with E-state index in [2.05, 4.69) is 20.6 Å². The molecule has 0 aliphatic heterocycles. The summed E-state index contributed by atoms with van der Waals surface area (Å²) in [5.74, 6) is 1.20. The molecule has 23 heavy (non-hydrogen) atoms. The van der Waals surface area contributed by atoms with E-state index in [1.165, 1.54) is 0 Å². The normalized spacial score (nSPS) is 9.74. The third kappa shape index (κ3) is 4.72. The summed E-state index contributed by atoms with van der Waals surface area (Å²) in [5.41, 5.74) is 0.397. The molecule has 2 N–H and O–H groups in total. The number of pyridine rings is 2. The van der Waals surface area contributed by atoms with Crippen LogP contribution < -0.4 is 10.6 Å². The fraction of sp³-hybridized carbons (Fsp3) is 0.200. The van der Waals surface area contributed by atoms with Crippen LogP contribution in [-0.2, 0) is 0 Å². The van der Waals surface area contributed by atoms with Gasteiger partial charge < -0.3 is 10.6 Å². The lowest BCUT2D eigenvalue weighted by atomic mass is 10.3. The van der Waals surface area contributed by atoms with Crippen LogP contribution in [0.15, 0.2) is 24.3 Å². The molecule has 0 radical (unpaired) electrons. The summed E-state index contributed by atoms with van der Waals surface area (Å²) < 4.78 is 0. The van der Waals surface area contributed by atoms with Crippen LogP contribution in [0.3, 0.4) is 0 Å². The first-order valence-corrected chi connectivity index (χ1v) is 7.50. The van der Waals surface area contributed by atoms with Crippen molar-refractivity contribution in [3.63, 3.8) is 0 Å². The lowest BCUT2D eigenvalue weighted by Crippen LogP contribution is -2.11. The van der Waals surface area contributed by atoms with Crippen molar-refractivity contribution in [3.8, 4) is 12.1 Å². The van der Waals surface area contributed by atoms with Crippen LogP contribution in [-0.4, -0.2) is 23.1 Å². The Kier molecular flexibility index (Phi) is 5.99. The number of halogens is 2. The van der Waals surface area contributed by atoms with Gasteiger partial charge in [0.15, 0.2) is 11.4 Å². The summed E-state index contributed by atoms with van der Waals surface area (Å²) in [4.78, 5) is 8.18. The maximum absolute atomic E-state index is 8.87. The van der Waals surface area contributed by atoms with Gasteiger partial charge in [0, 0.05) is 13.1 Å². The van der Waals surface area contributed by atoms with Crippen molar-refractivity contribution in [2.75, 3.05) is 23.7 Å². The van der Waals surface area contributed by atoms with Crippen molar-refractivity contribution in [1.82, 2.24) is 9.97 Å².